The van der Waals surface area contributed by atoms with Crippen molar-refractivity contribution in [2.24, 2.45) is 0 Å². The van der Waals surface area contributed by atoms with Gasteiger partial charge in [0.15, 0.2) is 5.65 Å². The van der Waals surface area contributed by atoms with E-state index < -0.39 is 11.5 Å². The van der Waals surface area contributed by atoms with Gasteiger partial charge in [0, 0.05) is 13.2 Å². The van der Waals surface area contributed by atoms with Crippen LogP contribution in [0, 0.1) is 6.92 Å². The van der Waals surface area contributed by atoms with E-state index in [1.165, 1.54) is 4.90 Å². The number of pyridine rings is 1. The predicted octanol–water partition coefficient (Wildman–Crippen LogP) is 1.90. The standard InChI is InChI=1S/C16H20N4O3/c1-11-17-18-13-7-6-12(10-20(11)13)14(21)19(2)16(15(22)23)8-4-3-5-9-16/h6-7,10H,3-5,8-9H2,1-2H3,(H,22,23). The number of nitrogens with zero attached hydrogens (tertiary/aromatic N) is 4. The molecule has 0 unspecified atom stereocenters. The fraction of sp³-hybridized carbons (Fsp3) is 0.500. The van der Waals surface area contributed by atoms with Gasteiger partial charge >= 0.3 is 5.97 Å². The Morgan fingerprint density at radius 3 is 2.57 bits per heavy atom. The predicted molar refractivity (Wildman–Crippen MR) is 83.3 cm³/mol. The average molecular weight is 316 g/mol. The number of carboxylic acids is 1. The molecule has 1 saturated carbocycles. The summed E-state index contributed by atoms with van der Waals surface area (Å²) in [6.07, 6.45) is 5.34. The van der Waals surface area contributed by atoms with Gasteiger partial charge in [-0.1, -0.05) is 19.3 Å². The van der Waals surface area contributed by atoms with Crippen molar-refractivity contribution in [3.05, 3.63) is 29.7 Å². The highest BCUT2D eigenvalue weighted by Gasteiger charge is 2.45. The van der Waals surface area contributed by atoms with Gasteiger partial charge in [-0.15, -0.1) is 10.2 Å². The van der Waals surface area contributed by atoms with Crippen molar-refractivity contribution in [1.29, 1.82) is 0 Å². The monoisotopic (exact) mass is 316 g/mol. The van der Waals surface area contributed by atoms with Crippen molar-refractivity contribution >= 4 is 17.5 Å². The van der Waals surface area contributed by atoms with Gasteiger partial charge in [-0.05, 0) is 31.9 Å². The second kappa shape index (κ2) is 5.64. The Bertz CT molecular complexity index is 762. The normalized spacial score (nSPS) is 17.1. The molecule has 3 rings (SSSR count). The third kappa shape index (κ3) is 2.46. The van der Waals surface area contributed by atoms with Crippen molar-refractivity contribution in [2.45, 2.75) is 44.6 Å². The largest absolute Gasteiger partial charge is 0.479 e. The van der Waals surface area contributed by atoms with Crippen LogP contribution in [0.5, 0.6) is 0 Å². The molecule has 0 aliphatic heterocycles. The van der Waals surface area contributed by atoms with Crippen LogP contribution in [0.2, 0.25) is 0 Å². The quantitative estimate of drug-likeness (QED) is 0.934. The Kier molecular flexibility index (Phi) is 3.79. The first-order valence-corrected chi connectivity index (χ1v) is 7.79. The third-order valence-corrected chi connectivity index (χ3v) is 4.85. The Morgan fingerprint density at radius 2 is 1.91 bits per heavy atom. The van der Waals surface area contributed by atoms with Crippen LogP contribution < -0.4 is 0 Å². The molecule has 0 bridgehead atoms. The van der Waals surface area contributed by atoms with Crippen LogP contribution in [0.15, 0.2) is 18.3 Å². The SMILES string of the molecule is Cc1nnc2ccc(C(=O)N(C)C3(C(=O)O)CCCCC3)cn12. The number of aliphatic carboxylic acids is 1. The fourth-order valence-electron chi connectivity index (χ4n) is 3.35. The van der Waals surface area contributed by atoms with Crippen molar-refractivity contribution in [2.75, 3.05) is 7.05 Å². The summed E-state index contributed by atoms with van der Waals surface area (Å²) in [7, 11) is 1.59. The van der Waals surface area contributed by atoms with Gasteiger partial charge in [-0.25, -0.2) is 4.79 Å². The van der Waals surface area contributed by atoms with Gasteiger partial charge in [0.2, 0.25) is 0 Å². The molecule has 2 heterocycles. The van der Waals surface area contributed by atoms with E-state index in [9.17, 15) is 14.7 Å². The summed E-state index contributed by atoms with van der Waals surface area (Å²) in [6.45, 7) is 1.80. The zero-order chi connectivity index (χ0) is 16.6. The molecular weight excluding hydrogens is 296 g/mol. The van der Waals surface area contributed by atoms with Crippen LogP contribution in [0.3, 0.4) is 0 Å². The molecule has 0 atom stereocenters. The van der Waals surface area contributed by atoms with E-state index in [0.29, 0.717) is 29.9 Å². The van der Waals surface area contributed by atoms with E-state index in [2.05, 4.69) is 10.2 Å². The molecule has 2 aromatic heterocycles. The van der Waals surface area contributed by atoms with Gasteiger partial charge in [0.05, 0.1) is 5.56 Å². The van der Waals surface area contributed by atoms with Crippen molar-refractivity contribution in [3.63, 3.8) is 0 Å². The number of carbonyl (C=O) groups is 2. The van der Waals surface area contributed by atoms with Gasteiger partial charge in [-0.2, -0.15) is 0 Å². The molecule has 7 heteroatoms. The maximum absolute atomic E-state index is 12.8. The molecule has 2 aromatic rings. The molecule has 1 fully saturated rings. The van der Waals surface area contributed by atoms with Crippen LogP contribution in [-0.4, -0.2) is 49.1 Å². The van der Waals surface area contributed by atoms with Gasteiger partial charge in [0.1, 0.15) is 11.4 Å². The minimum Gasteiger partial charge on any atom is -0.479 e. The summed E-state index contributed by atoms with van der Waals surface area (Å²) in [5.41, 5.74) is -0.00611. The number of aromatic nitrogens is 3. The van der Waals surface area contributed by atoms with Crippen molar-refractivity contribution in [3.8, 4) is 0 Å². The van der Waals surface area contributed by atoms with Crippen LogP contribution in [0.1, 0.15) is 48.3 Å². The van der Waals surface area contributed by atoms with E-state index in [1.807, 2.05) is 0 Å². The molecular formula is C16H20N4O3. The smallest absolute Gasteiger partial charge is 0.329 e. The Hall–Kier alpha value is -2.44. The number of aryl methyl sites for hydroxylation is 1. The van der Waals surface area contributed by atoms with Crippen LogP contribution in [-0.2, 0) is 4.79 Å². The molecule has 0 saturated heterocycles. The molecule has 1 amide bonds. The maximum atomic E-state index is 12.8. The lowest BCUT2D eigenvalue weighted by atomic mass is 9.80. The highest BCUT2D eigenvalue weighted by atomic mass is 16.4. The summed E-state index contributed by atoms with van der Waals surface area (Å²) in [6, 6.07) is 3.38. The van der Waals surface area contributed by atoms with Crippen LogP contribution in [0.4, 0.5) is 0 Å². The number of rotatable bonds is 3. The molecule has 1 aliphatic carbocycles. The van der Waals surface area contributed by atoms with Gasteiger partial charge in [-0.3, -0.25) is 9.20 Å². The molecule has 0 radical (unpaired) electrons. The first-order valence-electron chi connectivity index (χ1n) is 7.79. The zero-order valence-electron chi connectivity index (χ0n) is 13.3. The third-order valence-electron chi connectivity index (χ3n) is 4.85. The van der Waals surface area contributed by atoms with E-state index >= 15 is 0 Å². The van der Waals surface area contributed by atoms with E-state index in [0.717, 1.165) is 19.3 Å². The first-order chi connectivity index (χ1) is 11.0. The second-order valence-corrected chi connectivity index (χ2v) is 6.15. The summed E-state index contributed by atoms with van der Waals surface area (Å²) in [5, 5.41) is 17.7. The number of carboxylic acid groups (broad SMARTS) is 1. The molecule has 1 N–H and O–H groups in total. The minimum absolute atomic E-state index is 0.288. The van der Waals surface area contributed by atoms with Crippen LogP contribution >= 0.6 is 0 Å². The van der Waals surface area contributed by atoms with E-state index in [-0.39, 0.29) is 5.91 Å². The van der Waals surface area contributed by atoms with Crippen molar-refractivity contribution < 1.29 is 14.7 Å². The van der Waals surface area contributed by atoms with Crippen molar-refractivity contribution in [1.82, 2.24) is 19.5 Å². The molecule has 23 heavy (non-hydrogen) atoms. The summed E-state index contributed by atoms with van der Waals surface area (Å²) in [4.78, 5) is 26.1. The number of likely N-dealkylation sites (N-methyl/N-ethyl adjacent to an activating group) is 1. The molecule has 122 valence electrons. The maximum Gasteiger partial charge on any atom is 0.329 e. The Morgan fingerprint density at radius 1 is 1.22 bits per heavy atom. The zero-order valence-corrected chi connectivity index (χ0v) is 13.3. The number of hydrogen-bond donors (Lipinski definition) is 1. The Labute approximate surface area is 133 Å². The number of amides is 1. The fourth-order valence-corrected chi connectivity index (χ4v) is 3.35. The topological polar surface area (TPSA) is 87.8 Å². The number of fused-ring (bicyclic) bond motifs is 1. The Balaban J connectivity index is 1.96. The first kappa shape index (κ1) is 15.5. The lowest BCUT2D eigenvalue weighted by molar-refractivity contribution is -0.151. The molecule has 0 spiro atoms. The van der Waals surface area contributed by atoms with E-state index in [4.69, 9.17) is 0 Å². The minimum atomic E-state index is -1.10. The highest BCUT2D eigenvalue weighted by Crippen LogP contribution is 2.34. The average Bonchev–Trinajstić information content (AvgIpc) is 2.94. The van der Waals surface area contributed by atoms with E-state index in [1.54, 1.807) is 36.7 Å². The molecule has 0 aromatic carbocycles. The summed E-state index contributed by atoms with van der Waals surface area (Å²) >= 11 is 0. The molecule has 1 aliphatic rings. The molecule has 7 nitrogen and oxygen atoms in total. The highest BCUT2D eigenvalue weighted by molar-refractivity contribution is 5.97. The lowest BCUT2D eigenvalue weighted by Gasteiger charge is -2.41. The number of carbonyl (C=O) groups excluding carboxylic acids is 1. The second-order valence-electron chi connectivity index (χ2n) is 6.15. The number of hydrogen-bond acceptors (Lipinski definition) is 4. The summed E-state index contributed by atoms with van der Waals surface area (Å²) < 4.78 is 1.73. The van der Waals surface area contributed by atoms with Crippen LogP contribution in [0.25, 0.3) is 5.65 Å². The van der Waals surface area contributed by atoms with Gasteiger partial charge in [0.25, 0.3) is 5.91 Å². The lowest BCUT2D eigenvalue weighted by Crippen LogP contribution is -2.56. The summed E-state index contributed by atoms with van der Waals surface area (Å²) in [5.74, 6) is -0.526. The van der Waals surface area contributed by atoms with Gasteiger partial charge < -0.3 is 10.0 Å².